The lowest BCUT2D eigenvalue weighted by atomic mass is 10.1. The van der Waals surface area contributed by atoms with Crippen LogP contribution in [0.2, 0.25) is 0 Å². The van der Waals surface area contributed by atoms with Gasteiger partial charge in [-0.2, -0.15) is 0 Å². The van der Waals surface area contributed by atoms with Gasteiger partial charge in [0.25, 0.3) is 0 Å². The molecule has 1 aromatic carbocycles. The molecule has 0 saturated carbocycles. The molecule has 1 rings (SSSR count). The molecular formula is C9H10NO. The van der Waals surface area contributed by atoms with Gasteiger partial charge in [-0.25, -0.2) is 0 Å². The molecule has 0 fully saturated rings. The minimum Gasteiger partial charge on any atom is -0.399 e. The minimum atomic E-state index is -0.173. The van der Waals surface area contributed by atoms with Gasteiger partial charge in [-0.05, 0) is 30.7 Å². The maximum Gasteiger partial charge on any atom is 0.163 e. The van der Waals surface area contributed by atoms with Crippen molar-refractivity contribution in [3.05, 3.63) is 36.2 Å². The summed E-state index contributed by atoms with van der Waals surface area (Å²) in [5, 5.41) is 0. The summed E-state index contributed by atoms with van der Waals surface area (Å²) < 4.78 is 0. The number of benzene rings is 1. The normalized spacial score (nSPS) is 9.64. The van der Waals surface area contributed by atoms with Gasteiger partial charge in [-0.3, -0.25) is 4.79 Å². The number of hydrogen-bond acceptors (Lipinski definition) is 2. The summed E-state index contributed by atoms with van der Waals surface area (Å²) in [6.07, 6.45) is 0. The molecule has 0 amide bonds. The Morgan fingerprint density at radius 3 is 2.64 bits per heavy atom. The van der Waals surface area contributed by atoms with Crippen molar-refractivity contribution in [2.24, 2.45) is 0 Å². The third-order valence-electron chi connectivity index (χ3n) is 1.59. The number of anilines is 1. The van der Waals surface area contributed by atoms with Crippen LogP contribution >= 0.6 is 0 Å². The maximum absolute atomic E-state index is 10.8. The molecule has 0 aliphatic rings. The molecule has 0 atom stereocenters. The van der Waals surface area contributed by atoms with Crippen molar-refractivity contribution in [1.82, 2.24) is 0 Å². The fourth-order valence-electron chi connectivity index (χ4n) is 0.849. The second-order valence-corrected chi connectivity index (χ2v) is 2.49. The van der Waals surface area contributed by atoms with E-state index in [0.717, 1.165) is 5.56 Å². The number of Topliss-reactive ketones (excluding diaryl/α,β-unsaturated/α-hetero) is 1. The van der Waals surface area contributed by atoms with E-state index in [1.54, 1.807) is 18.2 Å². The SMILES string of the molecule is [CH2]C(=O)c1ccc(N)c(C)c1. The molecule has 0 aromatic heterocycles. The molecule has 0 aliphatic carbocycles. The van der Waals surface area contributed by atoms with Crippen LogP contribution < -0.4 is 5.73 Å². The van der Waals surface area contributed by atoms with Gasteiger partial charge in [0.1, 0.15) is 0 Å². The first-order chi connectivity index (χ1) is 5.11. The van der Waals surface area contributed by atoms with E-state index >= 15 is 0 Å². The zero-order chi connectivity index (χ0) is 8.43. The van der Waals surface area contributed by atoms with Gasteiger partial charge in [0.15, 0.2) is 5.78 Å². The molecular weight excluding hydrogens is 138 g/mol. The molecule has 0 heterocycles. The summed E-state index contributed by atoms with van der Waals surface area (Å²) >= 11 is 0. The van der Waals surface area contributed by atoms with E-state index in [1.807, 2.05) is 6.92 Å². The Morgan fingerprint density at radius 2 is 2.18 bits per heavy atom. The van der Waals surface area contributed by atoms with Crippen molar-refractivity contribution < 1.29 is 4.79 Å². The molecule has 0 bridgehead atoms. The van der Waals surface area contributed by atoms with Crippen LogP contribution in [0.3, 0.4) is 0 Å². The second kappa shape index (κ2) is 2.74. The lowest BCUT2D eigenvalue weighted by Gasteiger charge is -2.00. The largest absolute Gasteiger partial charge is 0.399 e. The van der Waals surface area contributed by atoms with Crippen molar-refractivity contribution in [2.75, 3.05) is 5.73 Å². The highest BCUT2D eigenvalue weighted by atomic mass is 16.1. The van der Waals surface area contributed by atoms with Crippen LogP contribution in [0.4, 0.5) is 5.69 Å². The van der Waals surface area contributed by atoms with Crippen molar-refractivity contribution in [3.8, 4) is 0 Å². The highest BCUT2D eigenvalue weighted by molar-refractivity contribution is 5.99. The number of carbonyl (C=O) groups excluding carboxylic acids is 1. The van der Waals surface area contributed by atoms with Gasteiger partial charge in [-0.1, -0.05) is 0 Å². The number of hydrogen-bond donors (Lipinski definition) is 1. The zero-order valence-electron chi connectivity index (χ0n) is 6.42. The number of rotatable bonds is 1. The van der Waals surface area contributed by atoms with E-state index in [-0.39, 0.29) is 5.78 Å². The lowest BCUT2D eigenvalue weighted by Crippen LogP contribution is -1.95. The number of aryl methyl sites for hydroxylation is 1. The third kappa shape index (κ3) is 1.58. The van der Waals surface area contributed by atoms with E-state index in [2.05, 4.69) is 6.92 Å². The molecule has 0 saturated heterocycles. The van der Waals surface area contributed by atoms with Crippen LogP contribution in [0.5, 0.6) is 0 Å². The van der Waals surface area contributed by atoms with Gasteiger partial charge in [0, 0.05) is 18.2 Å². The van der Waals surface area contributed by atoms with Crippen LogP contribution in [0, 0.1) is 13.8 Å². The first kappa shape index (κ1) is 7.79. The van der Waals surface area contributed by atoms with Crippen LogP contribution in [-0.4, -0.2) is 5.78 Å². The molecule has 1 aromatic rings. The summed E-state index contributed by atoms with van der Waals surface area (Å²) in [7, 11) is 0. The van der Waals surface area contributed by atoms with Crippen molar-refractivity contribution in [2.45, 2.75) is 6.92 Å². The molecule has 1 radical (unpaired) electrons. The minimum absolute atomic E-state index is 0.173. The fraction of sp³-hybridized carbons (Fsp3) is 0.111. The molecule has 0 aliphatic heterocycles. The number of nitrogen functional groups attached to an aromatic ring is 1. The Morgan fingerprint density at radius 1 is 1.55 bits per heavy atom. The van der Waals surface area contributed by atoms with Gasteiger partial charge in [0.05, 0.1) is 0 Å². The van der Waals surface area contributed by atoms with Crippen LogP contribution in [0.1, 0.15) is 15.9 Å². The maximum atomic E-state index is 10.8. The first-order valence-corrected chi connectivity index (χ1v) is 3.33. The lowest BCUT2D eigenvalue weighted by molar-refractivity contribution is 0.104. The molecule has 2 N–H and O–H groups in total. The Balaban J connectivity index is 3.15. The van der Waals surface area contributed by atoms with Crippen LogP contribution in [0.25, 0.3) is 0 Å². The van der Waals surface area contributed by atoms with E-state index in [0.29, 0.717) is 11.3 Å². The average molecular weight is 148 g/mol. The molecule has 0 unspecified atom stereocenters. The number of ketones is 1. The zero-order valence-corrected chi connectivity index (χ0v) is 6.42. The summed E-state index contributed by atoms with van der Waals surface area (Å²) in [5.41, 5.74) is 7.79. The summed E-state index contributed by atoms with van der Waals surface area (Å²) in [5.74, 6) is -0.173. The molecule has 2 heteroatoms. The molecule has 0 spiro atoms. The third-order valence-corrected chi connectivity index (χ3v) is 1.59. The van der Waals surface area contributed by atoms with Gasteiger partial charge in [-0.15, -0.1) is 0 Å². The number of carbonyl (C=O) groups is 1. The number of nitrogens with two attached hydrogens (primary N) is 1. The topological polar surface area (TPSA) is 43.1 Å². The Hall–Kier alpha value is -1.31. The van der Waals surface area contributed by atoms with E-state index < -0.39 is 0 Å². The van der Waals surface area contributed by atoms with Gasteiger partial charge >= 0.3 is 0 Å². The highest BCUT2D eigenvalue weighted by Crippen LogP contribution is 2.12. The molecule has 2 nitrogen and oxygen atoms in total. The standard InChI is InChI=1S/C9H10NO/c1-6-5-8(7(2)11)3-4-9(6)10/h3-5H,2,10H2,1H3. The average Bonchev–Trinajstić information content (AvgIpc) is 1.94. The quantitative estimate of drug-likeness (QED) is 0.485. The Labute approximate surface area is 66.0 Å². The smallest absolute Gasteiger partial charge is 0.163 e. The Kier molecular flexibility index (Phi) is 1.94. The first-order valence-electron chi connectivity index (χ1n) is 3.33. The highest BCUT2D eigenvalue weighted by Gasteiger charge is 1.99. The monoisotopic (exact) mass is 148 g/mol. The van der Waals surface area contributed by atoms with Crippen LogP contribution in [0.15, 0.2) is 18.2 Å². The van der Waals surface area contributed by atoms with E-state index in [1.165, 1.54) is 0 Å². The predicted molar refractivity (Wildman–Crippen MR) is 45.3 cm³/mol. The van der Waals surface area contributed by atoms with Crippen molar-refractivity contribution in [3.63, 3.8) is 0 Å². The fourth-order valence-corrected chi connectivity index (χ4v) is 0.849. The molecule has 11 heavy (non-hydrogen) atoms. The second-order valence-electron chi connectivity index (χ2n) is 2.49. The Bertz CT molecular complexity index is 292. The summed E-state index contributed by atoms with van der Waals surface area (Å²) in [6, 6.07) is 5.14. The van der Waals surface area contributed by atoms with E-state index in [4.69, 9.17) is 5.73 Å². The van der Waals surface area contributed by atoms with Gasteiger partial charge < -0.3 is 5.73 Å². The summed E-state index contributed by atoms with van der Waals surface area (Å²) in [4.78, 5) is 10.8. The van der Waals surface area contributed by atoms with Crippen molar-refractivity contribution in [1.29, 1.82) is 0 Å². The predicted octanol–water partition coefficient (Wildman–Crippen LogP) is 1.59. The molecule has 57 valence electrons. The van der Waals surface area contributed by atoms with Crippen LogP contribution in [-0.2, 0) is 0 Å². The van der Waals surface area contributed by atoms with Crippen molar-refractivity contribution >= 4 is 11.5 Å². The van der Waals surface area contributed by atoms with E-state index in [9.17, 15) is 4.79 Å². The van der Waals surface area contributed by atoms with Gasteiger partial charge in [0.2, 0.25) is 0 Å². The summed E-state index contributed by atoms with van der Waals surface area (Å²) in [6.45, 7) is 5.16.